The molecule has 96 valence electrons. The van der Waals surface area contributed by atoms with Crippen molar-refractivity contribution in [3.63, 3.8) is 0 Å². The van der Waals surface area contributed by atoms with Crippen LogP contribution in [0.4, 0.5) is 0 Å². The minimum Gasteiger partial charge on any atom is -0.461 e. The lowest BCUT2D eigenvalue weighted by Gasteiger charge is -2.26. The maximum absolute atomic E-state index is 5.31. The van der Waals surface area contributed by atoms with Crippen LogP contribution in [-0.2, 0) is 11.4 Å². The molecule has 0 aliphatic carbocycles. The Labute approximate surface area is 109 Å². The number of nitrogens with zero attached hydrogens (tertiary/aromatic N) is 3. The summed E-state index contributed by atoms with van der Waals surface area (Å²) < 4.78 is 13.0. The summed E-state index contributed by atoms with van der Waals surface area (Å²) in [6.07, 6.45) is 1.62. The zero-order valence-electron chi connectivity index (χ0n) is 9.83. The number of ether oxygens (including phenoxy) is 1. The lowest BCUT2D eigenvalue weighted by molar-refractivity contribution is 0.0210. The number of hydrogen-bond acceptors (Lipinski definition) is 5. The molecule has 1 saturated heterocycles. The zero-order chi connectivity index (χ0) is 12.4. The number of furan rings is 1. The van der Waals surface area contributed by atoms with Crippen LogP contribution in [0, 0.1) is 4.77 Å². The Balaban J connectivity index is 1.78. The second-order valence-corrected chi connectivity index (χ2v) is 4.50. The van der Waals surface area contributed by atoms with E-state index in [1.807, 2.05) is 16.8 Å². The molecule has 0 amide bonds. The zero-order valence-corrected chi connectivity index (χ0v) is 10.7. The van der Waals surface area contributed by atoms with Crippen molar-refractivity contribution >= 4 is 12.2 Å². The number of nitrogens with one attached hydrogen (secondary N) is 1. The van der Waals surface area contributed by atoms with Gasteiger partial charge in [0.2, 0.25) is 4.77 Å². The third-order valence-electron chi connectivity index (χ3n) is 2.88. The Kier molecular flexibility index (Phi) is 3.26. The van der Waals surface area contributed by atoms with Gasteiger partial charge in [0.05, 0.1) is 26.1 Å². The molecule has 0 aromatic carbocycles. The highest BCUT2D eigenvalue weighted by atomic mass is 32.1. The van der Waals surface area contributed by atoms with Crippen LogP contribution in [0.1, 0.15) is 0 Å². The van der Waals surface area contributed by atoms with Crippen LogP contribution in [0.5, 0.6) is 0 Å². The molecule has 18 heavy (non-hydrogen) atoms. The highest BCUT2D eigenvalue weighted by Gasteiger charge is 2.13. The first kappa shape index (κ1) is 11.6. The van der Waals surface area contributed by atoms with Gasteiger partial charge in [-0.3, -0.25) is 10.00 Å². The van der Waals surface area contributed by atoms with Gasteiger partial charge in [-0.25, -0.2) is 4.68 Å². The van der Waals surface area contributed by atoms with Gasteiger partial charge in [0, 0.05) is 13.1 Å². The van der Waals surface area contributed by atoms with E-state index in [4.69, 9.17) is 21.4 Å². The van der Waals surface area contributed by atoms with Crippen molar-refractivity contribution in [2.24, 2.45) is 0 Å². The Bertz CT molecular complexity index is 554. The highest BCUT2D eigenvalue weighted by molar-refractivity contribution is 7.71. The quantitative estimate of drug-likeness (QED) is 0.853. The second kappa shape index (κ2) is 5.05. The van der Waals surface area contributed by atoms with Crippen molar-refractivity contribution < 1.29 is 9.15 Å². The average molecular weight is 266 g/mol. The van der Waals surface area contributed by atoms with Crippen LogP contribution in [0.3, 0.4) is 0 Å². The van der Waals surface area contributed by atoms with E-state index in [0.717, 1.165) is 26.3 Å². The van der Waals surface area contributed by atoms with Gasteiger partial charge in [-0.2, -0.15) is 4.98 Å². The number of hydrogen-bond donors (Lipinski definition) is 1. The summed E-state index contributed by atoms with van der Waals surface area (Å²) in [5.74, 6) is 1.36. The highest BCUT2D eigenvalue weighted by Crippen LogP contribution is 2.15. The van der Waals surface area contributed by atoms with Crippen LogP contribution in [-0.4, -0.2) is 46.0 Å². The monoisotopic (exact) mass is 266 g/mol. The predicted molar refractivity (Wildman–Crippen MR) is 67.5 cm³/mol. The first-order valence-corrected chi connectivity index (χ1v) is 6.24. The second-order valence-electron chi connectivity index (χ2n) is 4.13. The van der Waals surface area contributed by atoms with Crippen LogP contribution in [0.25, 0.3) is 11.6 Å². The number of aromatic amines is 1. The summed E-state index contributed by atoms with van der Waals surface area (Å²) >= 11 is 5.24. The number of morpholine rings is 1. The molecule has 1 N–H and O–H groups in total. The van der Waals surface area contributed by atoms with Crippen molar-refractivity contribution in [3.05, 3.63) is 23.2 Å². The normalized spacial score (nSPS) is 17.1. The standard InChI is InChI=1S/C11H14N4O2S/c18-11-12-10(9-2-1-5-17-9)13-15(11)8-14-3-6-16-7-4-14/h1-2,5H,3-4,6-8H2,(H,12,13,18). The van der Waals surface area contributed by atoms with Crippen molar-refractivity contribution in [1.82, 2.24) is 19.7 Å². The molecule has 2 aromatic rings. The Morgan fingerprint density at radius 2 is 2.22 bits per heavy atom. The van der Waals surface area contributed by atoms with Crippen molar-refractivity contribution in [2.45, 2.75) is 6.67 Å². The van der Waals surface area contributed by atoms with Crippen molar-refractivity contribution in [2.75, 3.05) is 26.3 Å². The maximum atomic E-state index is 5.31. The lowest BCUT2D eigenvalue weighted by atomic mass is 10.4. The fourth-order valence-corrected chi connectivity index (χ4v) is 2.11. The first-order chi connectivity index (χ1) is 8.83. The molecule has 0 unspecified atom stereocenters. The van der Waals surface area contributed by atoms with E-state index in [1.54, 1.807) is 6.26 Å². The first-order valence-electron chi connectivity index (χ1n) is 5.84. The van der Waals surface area contributed by atoms with Gasteiger partial charge in [0.1, 0.15) is 0 Å². The summed E-state index contributed by atoms with van der Waals surface area (Å²) in [6, 6.07) is 3.68. The van der Waals surface area contributed by atoms with Crippen molar-refractivity contribution in [3.8, 4) is 11.6 Å². The van der Waals surface area contributed by atoms with Gasteiger partial charge >= 0.3 is 0 Å². The van der Waals surface area contributed by atoms with Gasteiger partial charge in [-0.1, -0.05) is 0 Å². The largest absolute Gasteiger partial charge is 0.461 e. The molecule has 2 aromatic heterocycles. The van der Waals surface area contributed by atoms with Gasteiger partial charge in [-0.15, -0.1) is 0 Å². The predicted octanol–water partition coefficient (Wildman–Crippen LogP) is 1.49. The van der Waals surface area contributed by atoms with Crippen LogP contribution in [0.2, 0.25) is 0 Å². The Hall–Kier alpha value is -1.44. The molecule has 1 fully saturated rings. The Morgan fingerprint density at radius 1 is 1.39 bits per heavy atom. The maximum Gasteiger partial charge on any atom is 0.217 e. The fourth-order valence-electron chi connectivity index (χ4n) is 1.92. The summed E-state index contributed by atoms with van der Waals surface area (Å²) in [6.45, 7) is 4.07. The Morgan fingerprint density at radius 3 is 2.94 bits per heavy atom. The molecule has 0 spiro atoms. The molecular formula is C11H14N4O2S. The molecule has 0 radical (unpaired) electrons. The van der Waals surface area contributed by atoms with E-state index in [1.165, 1.54) is 0 Å². The minimum atomic E-state index is 0.535. The molecule has 3 heterocycles. The van der Waals surface area contributed by atoms with Crippen LogP contribution in [0.15, 0.2) is 22.8 Å². The smallest absolute Gasteiger partial charge is 0.217 e. The van der Waals surface area contributed by atoms with E-state index < -0.39 is 0 Å². The molecular weight excluding hydrogens is 252 g/mol. The van der Waals surface area contributed by atoms with Crippen molar-refractivity contribution in [1.29, 1.82) is 0 Å². The molecule has 3 rings (SSSR count). The van der Waals surface area contributed by atoms with Gasteiger partial charge in [0.25, 0.3) is 0 Å². The van der Waals surface area contributed by atoms with E-state index >= 15 is 0 Å². The molecule has 0 bridgehead atoms. The summed E-state index contributed by atoms with van der Waals surface area (Å²) in [5, 5.41) is 3.16. The summed E-state index contributed by atoms with van der Waals surface area (Å²) in [7, 11) is 0. The SMILES string of the molecule is S=c1nc(-c2ccco2)[nH]n1CN1CCOCC1. The van der Waals surface area contributed by atoms with E-state index in [2.05, 4.69) is 15.0 Å². The lowest BCUT2D eigenvalue weighted by Crippen LogP contribution is -2.37. The van der Waals surface area contributed by atoms with Gasteiger partial charge < -0.3 is 9.15 Å². The van der Waals surface area contributed by atoms with E-state index in [0.29, 0.717) is 23.0 Å². The molecule has 1 aliphatic heterocycles. The summed E-state index contributed by atoms with van der Waals surface area (Å²) in [4.78, 5) is 6.56. The molecule has 7 heteroatoms. The molecule has 0 atom stereocenters. The number of aromatic nitrogens is 3. The third-order valence-corrected chi connectivity index (χ3v) is 3.19. The molecule has 6 nitrogen and oxygen atoms in total. The third kappa shape index (κ3) is 2.38. The van der Waals surface area contributed by atoms with Crippen LogP contribution < -0.4 is 0 Å². The fraction of sp³-hybridized carbons (Fsp3) is 0.455. The van der Waals surface area contributed by atoms with Gasteiger partial charge in [-0.05, 0) is 24.4 Å². The molecule has 0 saturated carbocycles. The summed E-state index contributed by atoms with van der Waals surface area (Å²) in [5.41, 5.74) is 0. The van der Waals surface area contributed by atoms with E-state index in [9.17, 15) is 0 Å². The van der Waals surface area contributed by atoms with Gasteiger partial charge in [0.15, 0.2) is 11.6 Å². The van der Waals surface area contributed by atoms with Crippen LogP contribution >= 0.6 is 12.2 Å². The number of H-pyrrole nitrogens is 1. The minimum absolute atomic E-state index is 0.535. The topological polar surface area (TPSA) is 59.2 Å². The number of rotatable bonds is 3. The average Bonchev–Trinajstić information content (AvgIpc) is 3.01. The van der Waals surface area contributed by atoms with E-state index in [-0.39, 0.29) is 0 Å². The molecule has 1 aliphatic rings.